The number of anilines is 1. The molecule has 0 radical (unpaired) electrons. The first kappa shape index (κ1) is 15.4. The van der Waals surface area contributed by atoms with Crippen molar-refractivity contribution in [3.63, 3.8) is 0 Å². The Labute approximate surface area is 125 Å². The first-order valence-corrected chi connectivity index (χ1v) is 7.34. The van der Waals surface area contributed by atoms with Crippen LogP contribution in [0.2, 0.25) is 0 Å². The first-order valence-electron chi connectivity index (χ1n) is 7.34. The summed E-state index contributed by atoms with van der Waals surface area (Å²) in [4.78, 5) is 26.1. The average molecular weight is 290 g/mol. The highest BCUT2D eigenvalue weighted by Gasteiger charge is 2.49. The molecule has 0 spiro atoms. The minimum absolute atomic E-state index is 0.0781. The fourth-order valence-corrected chi connectivity index (χ4v) is 2.44. The number of hydrogen-bond donors (Lipinski definition) is 1. The molecule has 1 fully saturated rings. The van der Waals surface area contributed by atoms with E-state index in [9.17, 15) is 9.59 Å². The van der Waals surface area contributed by atoms with Crippen LogP contribution >= 0.6 is 0 Å². The molecule has 5 heteroatoms. The van der Waals surface area contributed by atoms with Crippen LogP contribution in [0.25, 0.3) is 0 Å². The molecule has 1 aliphatic rings. The Morgan fingerprint density at radius 3 is 2.33 bits per heavy atom. The monoisotopic (exact) mass is 290 g/mol. The predicted octanol–water partition coefficient (Wildman–Crippen LogP) is 2.14. The van der Waals surface area contributed by atoms with E-state index in [4.69, 9.17) is 4.74 Å². The minimum atomic E-state index is -0.194. The fourth-order valence-electron chi connectivity index (χ4n) is 2.44. The van der Waals surface area contributed by atoms with Crippen LogP contribution in [0.3, 0.4) is 0 Å². The molecule has 21 heavy (non-hydrogen) atoms. The smallest absolute Gasteiger partial charge is 0.228 e. The minimum Gasteiger partial charge on any atom is -0.497 e. The lowest BCUT2D eigenvalue weighted by Gasteiger charge is -2.18. The molecule has 1 saturated carbocycles. The topological polar surface area (TPSA) is 58.6 Å². The summed E-state index contributed by atoms with van der Waals surface area (Å²) >= 11 is 0. The van der Waals surface area contributed by atoms with E-state index in [0.717, 1.165) is 11.4 Å². The van der Waals surface area contributed by atoms with E-state index in [2.05, 4.69) is 5.32 Å². The summed E-state index contributed by atoms with van der Waals surface area (Å²) in [6, 6.07) is 7.17. The lowest BCUT2D eigenvalue weighted by molar-refractivity contribution is -0.133. The van der Waals surface area contributed by atoms with E-state index < -0.39 is 0 Å². The first-order chi connectivity index (χ1) is 10.1. The molecule has 1 aromatic carbocycles. The van der Waals surface area contributed by atoms with Crippen molar-refractivity contribution in [3.8, 4) is 5.75 Å². The van der Waals surface area contributed by atoms with Gasteiger partial charge in [0, 0.05) is 18.8 Å². The summed E-state index contributed by atoms with van der Waals surface area (Å²) in [5.41, 5.74) is 0.724. The van der Waals surface area contributed by atoms with Crippen molar-refractivity contribution >= 4 is 17.5 Å². The van der Waals surface area contributed by atoms with Gasteiger partial charge in [0.15, 0.2) is 0 Å². The molecular weight excluding hydrogens is 268 g/mol. The maximum Gasteiger partial charge on any atom is 0.228 e. The van der Waals surface area contributed by atoms with Crippen LogP contribution in [0.4, 0.5) is 5.69 Å². The fraction of sp³-hybridized carbons (Fsp3) is 0.500. The second-order valence-corrected chi connectivity index (χ2v) is 5.18. The number of amides is 2. The molecule has 2 unspecified atom stereocenters. The van der Waals surface area contributed by atoms with Crippen molar-refractivity contribution in [2.45, 2.75) is 20.3 Å². The lowest BCUT2D eigenvalue weighted by Crippen LogP contribution is -2.33. The maximum absolute atomic E-state index is 12.1. The number of benzene rings is 1. The van der Waals surface area contributed by atoms with Crippen LogP contribution in [0.15, 0.2) is 24.3 Å². The van der Waals surface area contributed by atoms with Crippen LogP contribution in [-0.2, 0) is 9.59 Å². The Hall–Kier alpha value is -2.04. The standard InChI is InChI=1S/C16H22N2O3/c1-4-18(5-2)16(20)14-10-13(14)15(19)17-11-6-8-12(21-3)9-7-11/h6-9,13-14H,4-5,10H2,1-3H3,(H,17,19). The van der Waals surface area contributed by atoms with E-state index in [-0.39, 0.29) is 23.7 Å². The van der Waals surface area contributed by atoms with Crippen LogP contribution in [-0.4, -0.2) is 36.9 Å². The molecule has 1 aliphatic carbocycles. The quantitative estimate of drug-likeness (QED) is 0.873. The Bertz CT molecular complexity index is 509. The van der Waals surface area contributed by atoms with Crippen LogP contribution in [0, 0.1) is 11.8 Å². The van der Waals surface area contributed by atoms with Gasteiger partial charge >= 0.3 is 0 Å². The van der Waals surface area contributed by atoms with E-state index in [1.165, 1.54) is 0 Å². The van der Waals surface area contributed by atoms with Crippen molar-refractivity contribution in [2.24, 2.45) is 11.8 Å². The predicted molar refractivity (Wildman–Crippen MR) is 81.1 cm³/mol. The Morgan fingerprint density at radius 1 is 1.19 bits per heavy atom. The van der Waals surface area contributed by atoms with Gasteiger partial charge in [0.25, 0.3) is 0 Å². The molecule has 1 N–H and O–H groups in total. The molecule has 0 heterocycles. The molecular formula is C16H22N2O3. The summed E-state index contributed by atoms with van der Waals surface area (Å²) in [5, 5.41) is 2.85. The van der Waals surface area contributed by atoms with Gasteiger partial charge in [-0.2, -0.15) is 0 Å². The average Bonchev–Trinajstić information content (AvgIpc) is 3.29. The number of nitrogens with one attached hydrogen (secondary N) is 1. The molecule has 2 rings (SSSR count). The highest BCUT2D eigenvalue weighted by molar-refractivity contribution is 5.99. The third-order valence-corrected chi connectivity index (χ3v) is 3.88. The van der Waals surface area contributed by atoms with E-state index in [0.29, 0.717) is 19.5 Å². The van der Waals surface area contributed by atoms with Gasteiger partial charge in [-0.05, 0) is 44.5 Å². The molecule has 5 nitrogen and oxygen atoms in total. The zero-order chi connectivity index (χ0) is 15.4. The zero-order valence-electron chi connectivity index (χ0n) is 12.8. The number of methoxy groups -OCH3 is 1. The number of ether oxygens (including phenoxy) is 1. The molecule has 2 atom stereocenters. The van der Waals surface area contributed by atoms with Gasteiger partial charge in [0.1, 0.15) is 5.75 Å². The van der Waals surface area contributed by atoms with Crippen molar-refractivity contribution in [1.29, 1.82) is 0 Å². The SMILES string of the molecule is CCN(CC)C(=O)C1CC1C(=O)Nc1ccc(OC)cc1. The van der Waals surface area contributed by atoms with Crippen molar-refractivity contribution in [1.82, 2.24) is 4.90 Å². The summed E-state index contributed by atoms with van der Waals surface area (Å²) < 4.78 is 5.07. The largest absolute Gasteiger partial charge is 0.497 e. The summed E-state index contributed by atoms with van der Waals surface area (Å²) in [7, 11) is 1.60. The molecule has 114 valence electrons. The second-order valence-electron chi connectivity index (χ2n) is 5.18. The lowest BCUT2D eigenvalue weighted by atomic mass is 10.2. The maximum atomic E-state index is 12.1. The van der Waals surface area contributed by atoms with Gasteiger partial charge in [-0.15, -0.1) is 0 Å². The van der Waals surface area contributed by atoms with Gasteiger partial charge in [-0.1, -0.05) is 0 Å². The molecule has 0 bridgehead atoms. The van der Waals surface area contributed by atoms with Crippen LogP contribution in [0.5, 0.6) is 5.75 Å². The Balaban J connectivity index is 1.89. The summed E-state index contributed by atoms with van der Waals surface area (Å²) in [5.74, 6) is 0.415. The van der Waals surface area contributed by atoms with Crippen LogP contribution in [0.1, 0.15) is 20.3 Å². The van der Waals surface area contributed by atoms with Gasteiger partial charge in [0.05, 0.1) is 18.9 Å². The number of rotatable bonds is 6. The normalized spacial score (nSPS) is 19.8. The van der Waals surface area contributed by atoms with Gasteiger partial charge in [-0.25, -0.2) is 0 Å². The molecule has 2 amide bonds. The molecule has 0 aliphatic heterocycles. The zero-order valence-corrected chi connectivity index (χ0v) is 12.8. The highest BCUT2D eigenvalue weighted by Crippen LogP contribution is 2.40. The third kappa shape index (κ3) is 3.54. The third-order valence-electron chi connectivity index (χ3n) is 3.88. The van der Waals surface area contributed by atoms with Gasteiger partial charge < -0.3 is 15.0 Å². The van der Waals surface area contributed by atoms with E-state index >= 15 is 0 Å². The Morgan fingerprint density at radius 2 is 1.81 bits per heavy atom. The Kier molecular flexibility index (Phi) is 4.83. The van der Waals surface area contributed by atoms with Crippen molar-refractivity contribution in [3.05, 3.63) is 24.3 Å². The van der Waals surface area contributed by atoms with E-state index in [1.807, 2.05) is 13.8 Å². The number of nitrogens with zero attached hydrogens (tertiary/aromatic N) is 1. The second kappa shape index (κ2) is 6.61. The van der Waals surface area contributed by atoms with Crippen molar-refractivity contribution < 1.29 is 14.3 Å². The van der Waals surface area contributed by atoms with Crippen LogP contribution < -0.4 is 10.1 Å². The molecule has 0 aromatic heterocycles. The number of carbonyl (C=O) groups excluding carboxylic acids is 2. The molecule has 1 aromatic rings. The van der Waals surface area contributed by atoms with E-state index in [1.54, 1.807) is 36.3 Å². The van der Waals surface area contributed by atoms with Gasteiger partial charge in [-0.3, -0.25) is 9.59 Å². The summed E-state index contributed by atoms with van der Waals surface area (Å²) in [6.07, 6.45) is 0.650. The number of hydrogen-bond acceptors (Lipinski definition) is 3. The summed E-state index contributed by atoms with van der Waals surface area (Å²) in [6.45, 7) is 5.30. The van der Waals surface area contributed by atoms with Crippen molar-refractivity contribution in [2.75, 3.05) is 25.5 Å². The molecule has 0 saturated heterocycles. The highest BCUT2D eigenvalue weighted by atomic mass is 16.5. The van der Waals surface area contributed by atoms with Gasteiger partial charge in [0.2, 0.25) is 11.8 Å². The number of carbonyl (C=O) groups is 2.